The summed E-state index contributed by atoms with van der Waals surface area (Å²) < 4.78 is 12.5. The van der Waals surface area contributed by atoms with Gasteiger partial charge in [0.2, 0.25) is 12.6 Å². The molecule has 0 radical (unpaired) electrons. The zero-order valence-electron chi connectivity index (χ0n) is 20.6. The molecule has 0 saturated heterocycles. The summed E-state index contributed by atoms with van der Waals surface area (Å²) >= 11 is 3.59. The highest BCUT2D eigenvalue weighted by Gasteiger charge is 2.23. The number of aromatic nitrogens is 4. The van der Waals surface area contributed by atoms with Crippen LogP contribution in [0.1, 0.15) is 37.5 Å². The van der Waals surface area contributed by atoms with Gasteiger partial charge in [-0.15, -0.1) is 15.0 Å². The number of hydrogen-bond acceptors (Lipinski definition) is 6. The Hall–Kier alpha value is -3.52. The lowest BCUT2D eigenvalue weighted by Crippen LogP contribution is -2.24. The number of ether oxygens (including phenoxy) is 2. The molecular weight excluding hydrogens is 520 g/mol. The summed E-state index contributed by atoms with van der Waals surface area (Å²) in [6, 6.07) is 24.2. The predicted octanol–water partition coefficient (Wildman–Crippen LogP) is 6.01. The fourth-order valence-electron chi connectivity index (χ4n) is 3.58. The molecule has 36 heavy (non-hydrogen) atoms. The quantitative estimate of drug-likeness (QED) is 0.238. The fourth-order valence-corrected chi connectivity index (χ4v) is 3.99. The molecule has 0 fully saturated rings. The van der Waals surface area contributed by atoms with E-state index in [-0.39, 0.29) is 12.7 Å². The van der Waals surface area contributed by atoms with Crippen LogP contribution in [0.4, 0.5) is 0 Å². The third-order valence-corrected chi connectivity index (χ3v) is 6.05. The van der Waals surface area contributed by atoms with Crippen molar-refractivity contribution < 1.29 is 14.3 Å². The summed E-state index contributed by atoms with van der Waals surface area (Å²) in [4.78, 5) is 13.3. The smallest absolute Gasteiger partial charge is 0.313 e. The first kappa shape index (κ1) is 25.6. The molecule has 0 unspecified atom stereocenters. The average molecular weight is 549 g/mol. The largest absolute Gasteiger partial charge is 0.489 e. The van der Waals surface area contributed by atoms with Gasteiger partial charge in [0, 0.05) is 10.0 Å². The molecule has 0 bridgehead atoms. The maximum absolute atomic E-state index is 12.0. The van der Waals surface area contributed by atoms with Crippen LogP contribution in [0.3, 0.4) is 0 Å². The van der Waals surface area contributed by atoms with Crippen molar-refractivity contribution in [3.05, 3.63) is 94.0 Å². The number of esters is 1. The van der Waals surface area contributed by atoms with Crippen molar-refractivity contribution in [2.75, 3.05) is 0 Å². The van der Waals surface area contributed by atoms with Crippen molar-refractivity contribution >= 4 is 21.9 Å². The first-order valence-corrected chi connectivity index (χ1v) is 12.6. The Balaban J connectivity index is 1.46. The summed E-state index contributed by atoms with van der Waals surface area (Å²) in [6.07, 6.45) is 1.54. The van der Waals surface area contributed by atoms with E-state index in [1.54, 1.807) is 20.8 Å². The molecule has 0 saturated carbocycles. The molecule has 1 aromatic heterocycles. The molecule has 0 N–H and O–H groups in total. The number of carbonyl (C=O) groups excluding carboxylic acids is 1. The van der Waals surface area contributed by atoms with Crippen LogP contribution in [0.25, 0.3) is 11.4 Å². The summed E-state index contributed by atoms with van der Waals surface area (Å²) in [5.74, 6) is 1.04. The monoisotopic (exact) mass is 548 g/mol. The van der Waals surface area contributed by atoms with E-state index in [1.807, 2.05) is 48.5 Å². The molecule has 0 atom stereocenters. The van der Waals surface area contributed by atoms with Gasteiger partial charge < -0.3 is 9.47 Å². The summed E-state index contributed by atoms with van der Waals surface area (Å²) in [6.45, 7) is 5.84. The maximum atomic E-state index is 12.0. The van der Waals surface area contributed by atoms with Crippen LogP contribution in [0.15, 0.2) is 77.3 Å². The highest BCUT2D eigenvalue weighted by molar-refractivity contribution is 9.10. The number of tetrazole rings is 1. The van der Waals surface area contributed by atoms with Gasteiger partial charge in [0.05, 0.1) is 5.41 Å². The van der Waals surface area contributed by atoms with Crippen LogP contribution < -0.4 is 4.74 Å². The maximum Gasteiger partial charge on any atom is 0.313 e. The van der Waals surface area contributed by atoms with E-state index in [1.165, 1.54) is 4.80 Å². The molecule has 7 nitrogen and oxygen atoms in total. The molecule has 4 aromatic rings. The third kappa shape index (κ3) is 6.79. The van der Waals surface area contributed by atoms with E-state index in [9.17, 15) is 4.79 Å². The molecule has 4 rings (SSSR count). The second-order valence-electron chi connectivity index (χ2n) is 9.48. The van der Waals surface area contributed by atoms with Crippen molar-refractivity contribution in [2.24, 2.45) is 5.41 Å². The van der Waals surface area contributed by atoms with E-state index in [4.69, 9.17) is 9.47 Å². The van der Waals surface area contributed by atoms with Crippen LogP contribution in [0, 0.1) is 5.41 Å². The van der Waals surface area contributed by atoms with Crippen LogP contribution in [-0.2, 0) is 35.7 Å². The Morgan fingerprint density at radius 3 is 2.44 bits per heavy atom. The Labute approximate surface area is 219 Å². The van der Waals surface area contributed by atoms with Gasteiger partial charge in [-0.3, -0.25) is 4.79 Å². The lowest BCUT2D eigenvalue weighted by molar-refractivity contribution is -0.157. The van der Waals surface area contributed by atoms with Gasteiger partial charge in [-0.2, -0.15) is 0 Å². The first-order chi connectivity index (χ1) is 17.3. The molecule has 186 valence electrons. The van der Waals surface area contributed by atoms with E-state index >= 15 is 0 Å². The van der Waals surface area contributed by atoms with E-state index < -0.39 is 5.41 Å². The number of carbonyl (C=O) groups is 1. The van der Waals surface area contributed by atoms with Gasteiger partial charge in [-0.1, -0.05) is 70.5 Å². The molecule has 0 spiro atoms. The zero-order valence-corrected chi connectivity index (χ0v) is 22.2. The normalized spacial score (nSPS) is 11.3. The Kier molecular flexibility index (Phi) is 8.15. The standard InChI is InChI=1S/C28H29BrN4O3/c1-28(2,3)27(34)36-19-33-31-26(30-32-33)24-12-8-7-11-21(24)13-14-22-17-23(29)15-16-25(22)35-18-20-9-5-4-6-10-20/h4-12,15-17H,13-14,18-19H2,1-3H3. The molecule has 1 heterocycles. The molecule has 0 amide bonds. The lowest BCUT2D eigenvalue weighted by atomic mass is 9.98. The predicted molar refractivity (Wildman–Crippen MR) is 141 cm³/mol. The van der Waals surface area contributed by atoms with Crippen LogP contribution >= 0.6 is 15.9 Å². The van der Waals surface area contributed by atoms with Crippen molar-refractivity contribution in [3.8, 4) is 17.1 Å². The second-order valence-corrected chi connectivity index (χ2v) is 10.4. The summed E-state index contributed by atoms with van der Waals surface area (Å²) in [5, 5.41) is 12.7. The van der Waals surface area contributed by atoms with Gasteiger partial charge in [-0.05, 0) is 73.7 Å². The minimum atomic E-state index is -0.591. The lowest BCUT2D eigenvalue weighted by Gasteiger charge is -2.15. The average Bonchev–Trinajstić information content (AvgIpc) is 3.34. The van der Waals surface area contributed by atoms with Gasteiger partial charge >= 0.3 is 5.97 Å². The summed E-state index contributed by atoms with van der Waals surface area (Å²) in [7, 11) is 0. The fraction of sp³-hybridized carbons (Fsp3) is 0.286. The Bertz CT molecular complexity index is 1320. The number of nitrogens with zero attached hydrogens (tertiary/aromatic N) is 4. The third-order valence-electron chi connectivity index (χ3n) is 5.56. The van der Waals surface area contributed by atoms with Gasteiger partial charge in [-0.25, -0.2) is 0 Å². The molecule has 8 heteroatoms. The van der Waals surface area contributed by atoms with E-state index in [2.05, 4.69) is 55.6 Å². The Morgan fingerprint density at radius 2 is 1.67 bits per heavy atom. The van der Waals surface area contributed by atoms with Gasteiger partial charge in [0.25, 0.3) is 0 Å². The van der Waals surface area contributed by atoms with Crippen LogP contribution in [0.5, 0.6) is 5.75 Å². The summed E-state index contributed by atoms with van der Waals surface area (Å²) in [5.41, 5.74) is 3.64. The van der Waals surface area contributed by atoms with E-state index in [0.29, 0.717) is 12.4 Å². The van der Waals surface area contributed by atoms with Crippen LogP contribution in [-0.4, -0.2) is 26.2 Å². The number of benzene rings is 3. The van der Waals surface area contributed by atoms with Crippen molar-refractivity contribution in [1.29, 1.82) is 0 Å². The molecular formula is C28H29BrN4O3. The Morgan fingerprint density at radius 1 is 0.944 bits per heavy atom. The molecule has 0 aliphatic carbocycles. The van der Waals surface area contributed by atoms with E-state index in [0.717, 1.165) is 45.3 Å². The van der Waals surface area contributed by atoms with Gasteiger partial charge in [0.1, 0.15) is 12.4 Å². The van der Waals surface area contributed by atoms with Crippen molar-refractivity contribution in [3.63, 3.8) is 0 Å². The SMILES string of the molecule is CC(C)(C)C(=O)OCn1nnc(-c2ccccc2CCc2cc(Br)ccc2OCc2ccccc2)n1. The second kappa shape index (κ2) is 11.5. The number of hydrogen-bond donors (Lipinski definition) is 0. The highest BCUT2D eigenvalue weighted by atomic mass is 79.9. The molecule has 3 aromatic carbocycles. The minimum absolute atomic E-state index is 0.0780. The molecule has 0 aliphatic rings. The minimum Gasteiger partial charge on any atom is -0.489 e. The topological polar surface area (TPSA) is 79.1 Å². The highest BCUT2D eigenvalue weighted by Crippen LogP contribution is 2.28. The van der Waals surface area contributed by atoms with Crippen LogP contribution in [0.2, 0.25) is 0 Å². The number of halogens is 1. The number of rotatable bonds is 9. The van der Waals surface area contributed by atoms with Crippen molar-refractivity contribution in [2.45, 2.75) is 47.0 Å². The number of aryl methyl sites for hydroxylation is 2. The van der Waals surface area contributed by atoms with Crippen molar-refractivity contribution in [1.82, 2.24) is 20.2 Å². The zero-order chi connectivity index (χ0) is 25.5. The molecule has 0 aliphatic heterocycles. The van der Waals surface area contributed by atoms with Gasteiger partial charge in [0.15, 0.2) is 0 Å². The first-order valence-electron chi connectivity index (χ1n) is 11.8.